The van der Waals surface area contributed by atoms with Gasteiger partial charge in [0.05, 0.1) is 5.92 Å². The third-order valence-corrected chi connectivity index (χ3v) is 3.73. The Bertz CT molecular complexity index is 418. The number of aliphatic carboxylic acids is 1. The van der Waals surface area contributed by atoms with E-state index in [1.165, 1.54) is 5.56 Å². The number of carbonyl (C=O) groups is 1. The first kappa shape index (κ1) is 15.2. The Hall–Kier alpha value is -0.870. The molecule has 4 heteroatoms. The summed E-state index contributed by atoms with van der Waals surface area (Å²) in [4.78, 5) is 10.7. The smallest absolute Gasteiger partial charge is 0.307 e. The molecule has 2 N–H and O–H groups in total. The van der Waals surface area contributed by atoms with Crippen LogP contribution in [0.15, 0.2) is 28.7 Å². The van der Waals surface area contributed by atoms with Crippen LogP contribution in [0.5, 0.6) is 0 Å². The molecule has 1 atom stereocenters. The largest absolute Gasteiger partial charge is 0.481 e. The summed E-state index contributed by atoms with van der Waals surface area (Å²) in [6.45, 7) is 7.23. The van der Waals surface area contributed by atoms with Crippen molar-refractivity contribution in [2.24, 2.45) is 5.92 Å². The van der Waals surface area contributed by atoms with E-state index >= 15 is 0 Å². The zero-order chi connectivity index (χ0) is 13.8. The molecule has 0 aliphatic heterocycles. The predicted molar refractivity (Wildman–Crippen MR) is 76.8 cm³/mol. The fourth-order valence-electron chi connectivity index (χ4n) is 1.79. The van der Waals surface area contributed by atoms with Crippen molar-refractivity contribution >= 4 is 21.9 Å². The highest BCUT2D eigenvalue weighted by molar-refractivity contribution is 9.10. The Morgan fingerprint density at radius 1 is 1.44 bits per heavy atom. The fraction of sp³-hybridized carbons (Fsp3) is 0.500. The molecular formula is C14H20BrNO2. The first-order valence-electron chi connectivity index (χ1n) is 6.03. The standard InChI is InChI=1S/C14H20BrNO2/c1-10(13(17)18)8-16-9-14(2,3)11-6-4-5-7-12(11)15/h4-7,10,16H,8-9H2,1-3H3,(H,17,18). The monoisotopic (exact) mass is 313 g/mol. The van der Waals surface area contributed by atoms with Crippen molar-refractivity contribution in [1.82, 2.24) is 5.32 Å². The van der Waals surface area contributed by atoms with Crippen LogP contribution in [0, 0.1) is 5.92 Å². The molecular weight excluding hydrogens is 294 g/mol. The normalized spacial score (nSPS) is 13.3. The van der Waals surface area contributed by atoms with Gasteiger partial charge in [-0.3, -0.25) is 4.79 Å². The van der Waals surface area contributed by atoms with Crippen LogP contribution in [-0.2, 0) is 10.2 Å². The molecule has 0 amide bonds. The number of rotatable bonds is 6. The number of carboxylic acid groups (broad SMARTS) is 1. The van der Waals surface area contributed by atoms with Crippen LogP contribution in [0.4, 0.5) is 0 Å². The summed E-state index contributed by atoms with van der Waals surface area (Å²) in [5, 5.41) is 12.1. The third-order valence-electron chi connectivity index (χ3n) is 3.04. The van der Waals surface area contributed by atoms with Crippen LogP contribution < -0.4 is 5.32 Å². The van der Waals surface area contributed by atoms with Gasteiger partial charge < -0.3 is 10.4 Å². The van der Waals surface area contributed by atoms with Crippen molar-refractivity contribution in [3.05, 3.63) is 34.3 Å². The lowest BCUT2D eigenvalue weighted by Gasteiger charge is -2.27. The SMILES string of the molecule is CC(CNCC(C)(C)c1ccccc1Br)C(=O)O. The first-order chi connectivity index (χ1) is 8.34. The second-order valence-electron chi connectivity index (χ2n) is 5.23. The second kappa shape index (κ2) is 6.34. The highest BCUT2D eigenvalue weighted by Crippen LogP contribution is 2.29. The van der Waals surface area contributed by atoms with Gasteiger partial charge in [0.2, 0.25) is 0 Å². The minimum Gasteiger partial charge on any atom is -0.481 e. The van der Waals surface area contributed by atoms with E-state index in [-0.39, 0.29) is 11.3 Å². The van der Waals surface area contributed by atoms with Crippen molar-refractivity contribution in [1.29, 1.82) is 0 Å². The van der Waals surface area contributed by atoms with Gasteiger partial charge >= 0.3 is 5.97 Å². The second-order valence-corrected chi connectivity index (χ2v) is 6.09. The Labute approximate surface area is 117 Å². The minimum absolute atomic E-state index is 0.0433. The highest BCUT2D eigenvalue weighted by Gasteiger charge is 2.23. The number of benzene rings is 1. The van der Waals surface area contributed by atoms with E-state index in [1.54, 1.807) is 6.92 Å². The van der Waals surface area contributed by atoms with Crippen LogP contribution in [-0.4, -0.2) is 24.2 Å². The number of hydrogen-bond acceptors (Lipinski definition) is 2. The Morgan fingerprint density at radius 2 is 2.06 bits per heavy atom. The minimum atomic E-state index is -0.763. The zero-order valence-electron chi connectivity index (χ0n) is 11.0. The van der Waals surface area contributed by atoms with Crippen LogP contribution in [0.25, 0.3) is 0 Å². The molecule has 0 aromatic heterocycles. The van der Waals surface area contributed by atoms with Gasteiger partial charge in [-0.25, -0.2) is 0 Å². The molecule has 1 rings (SSSR count). The van der Waals surface area contributed by atoms with E-state index in [0.29, 0.717) is 6.54 Å². The van der Waals surface area contributed by atoms with E-state index < -0.39 is 5.97 Å². The Kier molecular flexibility index (Phi) is 5.35. The summed E-state index contributed by atoms with van der Waals surface area (Å²) in [6, 6.07) is 8.12. The van der Waals surface area contributed by atoms with Crippen LogP contribution >= 0.6 is 15.9 Å². The maximum atomic E-state index is 10.7. The summed E-state index contributed by atoms with van der Waals surface area (Å²) in [6.07, 6.45) is 0. The average molecular weight is 314 g/mol. The summed E-state index contributed by atoms with van der Waals surface area (Å²) >= 11 is 3.55. The van der Waals surface area contributed by atoms with Crippen molar-refractivity contribution in [2.45, 2.75) is 26.2 Å². The number of nitrogens with one attached hydrogen (secondary N) is 1. The van der Waals surface area contributed by atoms with Gasteiger partial charge in [-0.15, -0.1) is 0 Å². The molecule has 1 unspecified atom stereocenters. The fourth-order valence-corrected chi connectivity index (χ4v) is 2.62. The van der Waals surface area contributed by atoms with Gasteiger partial charge in [-0.05, 0) is 11.6 Å². The van der Waals surface area contributed by atoms with E-state index in [9.17, 15) is 4.79 Å². The molecule has 0 bridgehead atoms. The van der Waals surface area contributed by atoms with Crippen molar-refractivity contribution in [3.8, 4) is 0 Å². The van der Waals surface area contributed by atoms with Gasteiger partial charge in [0.1, 0.15) is 0 Å². The van der Waals surface area contributed by atoms with Gasteiger partial charge in [0.15, 0.2) is 0 Å². The summed E-state index contributed by atoms with van der Waals surface area (Å²) in [5.41, 5.74) is 1.18. The van der Waals surface area contributed by atoms with Crippen LogP contribution in [0.1, 0.15) is 26.3 Å². The maximum absolute atomic E-state index is 10.7. The molecule has 1 aromatic rings. The van der Waals surface area contributed by atoms with Crippen molar-refractivity contribution in [2.75, 3.05) is 13.1 Å². The molecule has 0 heterocycles. The zero-order valence-corrected chi connectivity index (χ0v) is 12.6. The van der Waals surface area contributed by atoms with E-state index in [1.807, 2.05) is 18.2 Å². The van der Waals surface area contributed by atoms with Crippen LogP contribution in [0.2, 0.25) is 0 Å². The Morgan fingerprint density at radius 3 is 2.61 bits per heavy atom. The van der Waals surface area contributed by atoms with Crippen molar-refractivity contribution < 1.29 is 9.90 Å². The molecule has 0 fully saturated rings. The molecule has 100 valence electrons. The van der Waals surface area contributed by atoms with Gasteiger partial charge in [0.25, 0.3) is 0 Å². The molecule has 0 saturated heterocycles. The Balaban J connectivity index is 2.60. The first-order valence-corrected chi connectivity index (χ1v) is 6.82. The molecule has 0 aliphatic carbocycles. The highest BCUT2D eigenvalue weighted by atomic mass is 79.9. The molecule has 3 nitrogen and oxygen atoms in total. The number of hydrogen-bond donors (Lipinski definition) is 2. The quantitative estimate of drug-likeness (QED) is 0.848. The lowest BCUT2D eigenvalue weighted by Crippen LogP contribution is -2.36. The molecule has 0 aliphatic rings. The van der Waals surface area contributed by atoms with Gasteiger partial charge in [-0.1, -0.05) is 54.9 Å². The molecule has 0 radical (unpaired) electrons. The predicted octanol–water partition coefficient (Wildman–Crippen LogP) is 3.04. The number of halogens is 1. The lowest BCUT2D eigenvalue weighted by molar-refractivity contribution is -0.140. The molecule has 0 spiro atoms. The van der Waals surface area contributed by atoms with Gasteiger partial charge in [-0.2, -0.15) is 0 Å². The number of carboxylic acids is 1. The van der Waals surface area contributed by atoms with E-state index in [0.717, 1.165) is 11.0 Å². The maximum Gasteiger partial charge on any atom is 0.307 e. The third kappa shape index (κ3) is 4.10. The average Bonchev–Trinajstić information content (AvgIpc) is 2.28. The molecule has 1 aromatic carbocycles. The molecule has 18 heavy (non-hydrogen) atoms. The molecule has 0 saturated carbocycles. The summed E-state index contributed by atoms with van der Waals surface area (Å²) in [7, 11) is 0. The summed E-state index contributed by atoms with van der Waals surface area (Å²) in [5.74, 6) is -1.12. The van der Waals surface area contributed by atoms with Gasteiger partial charge in [0, 0.05) is 23.0 Å². The van der Waals surface area contributed by atoms with E-state index in [4.69, 9.17) is 5.11 Å². The van der Waals surface area contributed by atoms with Crippen LogP contribution in [0.3, 0.4) is 0 Å². The topological polar surface area (TPSA) is 49.3 Å². The summed E-state index contributed by atoms with van der Waals surface area (Å²) < 4.78 is 1.09. The lowest BCUT2D eigenvalue weighted by atomic mass is 9.84. The van der Waals surface area contributed by atoms with E-state index in [2.05, 4.69) is 41.2 Å². The van der Waals surface area contributed by atoms with Crippen molar-refractivity contribution in [3.63, 3.8) is 0 Å².